The van der Waals surface area contributed by atoms with Gasteiger partial charge in [-0.15, -0.1) is 0 Å². The summed E-state index contributed by atoms with van der Waals surface area (Å²) < 4.78 is 0. The molecule has 0 atom stereocenters. The molecule has 1 aliphatic rings. The molecule has 1 aromatic carbocycles. The first-order chi connectivity index (χ1) is 8.81. The van der Waals surface area contributed by atoms with Crippen molar-refractivity contribution in [2.75, 3.05) is 0 Å². The molecule has 1 aromatic rings. The first-order valence-electron chi connectivity index (χ1n) is 6.27. The Labute approximate surface area is 109 Å². The lowest BCUT2D eigenvalue weighted by Gasteiger charge is -2.09. The van der Waals surface area contributed by atoms with Crippen LogP contribution in [0.2, 0.25) is 0 Å². The summed E-state index contributed by atoms with van der Waals surface area (Å²) in [6.07, 6.45) is 14.7. The Bertz CT molecular complexity index is 539. The van der Waals surface area contributed by atoms with E-state index in [1.54, 1.807) is 6.08 Å². The van der Waals surface area contributed by atoms with Crippen LogP contribution in [-0.2, 0) is 0 Å². The highest BCUT2D eigenvalue weighted by Gasteiger charge is 2.03. The van der Waals surface area contributed by atoms with Gasteiger partial charge in [-0.3, -0.25) is 0 Å². The fourth-order valence-electron chi connectivity index (χ4n) is 2.01. The molecule has 0 unspecified atom stereocenters. The maximum Gasteiger partial charge on any atom is -0.0181 e. The van der Waals surface area contributed by atoms with Crippen LogP contribution in [0.1, 0.15) is 24.0 Å². The molecular weight excluding hydrogens is 216 g/mol. The van der Waals surface area contributed by atoms with Crippen LogP contribution in [0.25, 0.3) is 11.1 Å². The molecule has 18 heavy (non-hydrogen) atoms. The summed E-state index contributed by atoms with van der Waals surface area (Å²) in [7, 11) is 0. The van der Waals surface area contributed by atoms with Gasteiger partial charge >= 0.3 is 0 Å². The Kier molecular flexibility index (Phi) is 4.14. The maximum absolute atomic E-state index is 4.08. The fourth-order valence-corrected chi connectivity index (χ4v) is 2.01. The molecule has 1 aliphatic carbocycles. The monoisotopic (exact) mass is 234 g/mol. The number of hydrogen-bond acceptors (Lipinski definition) is 0. The van der Waals surface area contributed by atoms with E-state index in [4.69, 9.17) is 0 Å². The van der Waals surface area contributed by atoms with E-state index in [0.29, 0.717) is 0 Å². The summed E-state index contributed by atoms with van der Waals surface area (Å²) in [6, 6.07) is 8.51. The van der Waals surface area contributed by atoms with E-state index >= 15 is 0 Å². The predicted octanol–water partition coefficient (Wildman–Crippen LogP) is 5.18. The van der Waals surface area contributed by atoms with Crippen molar-refractivity contribution < 1.29 is 0 Å². The van der Waals surface area contributed by atoms with E-state index in [1.807, 2.05) is 12.2 Å². The average Bonchev–Trinajstić information content (AvgIpc) is 2.46. The van der Waals surface area contributed by atoms with Gasteiger partial charge in [0.25, 0.3) is 0 Å². The third-order valence-corrected chi connectivity index (χ3v) is 3.00. The van der Waals surface area contributed by atoms with Crippen LogP contribution in [0.3, 0.4) is 0 Å². The van der Waals surface area contributed by atoms with E-state index in [2.05, 4.69) is 55.7 Å². The Morgan fingerprint density at radius 2 is 2.11 bits per heavy atom. The molecule has 0 heterocycles. The van der Waals surface area contributed by atoms with Crippen molar-refractivity contribution in [2.45, 2.75) is 12.8 Å². The molecule has 0 fully saturated rings. The van der Waals surface area contributed by atoms with Crippen LogP contribution in [0.5, 0.6) is 0 Å². The Morgan fingerprint density at radius 1 is 1.22 bits per heavy atom. The summed E-state index contributed by atoms with van der Waals surface area (Å²) in [5, 5.41) is 0. The molecule has 0 aliphatic heterocycles. The van der Waals surface area contributed by atoms with Crippen LogP contribution in [-0.4, -0.2) is 0 Å². The maximum atomic E-state index is 4.08. The molecule has 2 rings (SSSR count). The fraction of sp³-hybridized carbons (Fsp3) is 0.111. The largest absolute Gasteiger partial charge is 0.0991 e. The van der Waals surface area contributed by atoms with Gasteiger partial charge in [-0.1, -0.05) is 67.8 Å². The van der Waals surface area contributed by atoms with Crippen molar-refractivity contribution >= 4 is 11.1 Å². The third kappa shape index (κ3) is 2.98. The highest BCUT2D eigenvalue weighted by Crippen LogP contribution is 2.24. The molecule has 0 radical (unpaired) electrons. The Morgan fingerprint density at radius 3 is 2.83 bits per heavy atom. The smallest absolute Gasteiger partial charge is 0.0181 e. The summed E-state index contributed by atoms with van der Waals surface area (Å²) in [5.41, 5.74) is 4.74. The van der Waals surface area contributed by atoms with E-state index in [0.717, 1.165) is 24.0 Å². The second-order valence-electron chi connectivity index (χ2n) is 4.34. The molecule has 0 saturated carbocycles. The van der Waals surface area contributed by atoms with Gasteiger partial charge in [0.1, 0.15) is 0 Å². The zero-order chi connectivity index (χ0) is 12.8. The predicted molar refractivity (Wildman–Crippen MR) is 81.2 cm³/mol. The molecule has 0 amide bonds. The van der Waals surface area contributed by atoms with Gasteiger partial charge in [-0.2, -0.15) is 0 Å². The van der Waals surface area contributed by atoms with Crippen LogP contribution in [0.4, 0.5) is 0 Å². The number of benzene rings is 1. The van der Waals surface area contributed by atoms with Gasteiger partial charge in [0, 0.05) is 0 Å². The van der Waals surface area contributed by atoms with Crippen molar-refractivity contribution in [2.24, 2.45) is 0 Å². The molecule has 0 heteroatoms. The van der Waals surface area contributed by atoms with Gasteiger partial charge in [-0.05, 0) is 41.2 Å². The standard InChI is InChI=1S/C18H18/c1-3-4-9-15(2)17-12-8-13-18(14-17)16-10-6-5-7-11-16/h3-4,6,8-14H,1-2,5,7H2/b9-4-. The second kappa shape index (κ2) is 6.02. The number of rotatable bonds is 4. The van der Waals surface area contributed by atoms with Gasteiger partial charge in [-0.25, -0.2) is 0 Å². The highest BCUT2D eigenvalue weighted by molar-refractivity contribution is 5.79. The SMILES string of the molecule is C=C/C=C\C(=C)c1cccc(C2=CCCC=C2)c1. The summed E-state index contributed by atoms with van der Waals surface area (Å²) in [4.78, 5) is 0. The summed E-state index contributed by atoms with van der Waals surface area (Å²) in [6.45, 7) is 7.75. The quantitative estimate of drug-likeness (QED) is 0.630. The third-order valence-electron chi connectivity index (χ3n) is 3.00. The van der Waals surface area contributed by atoms with Crippen molar-refractivity contribution in [1.29, 1.82) is 0 Å². The lowest BCUT2D eigenvalue weighted by molar-refractivity contribution is 1.04. The van der Waals surface area contributed by atoms with E-state index in [1.165, 1.54) is 11.1 Å². The van der Waals surface area contributed by atoms with Crippen LogP contribution < -0.4 is 0 Å². The molecule has 0 aromatic heterocycles. The highest BCUT2D eigenvalue weighted by atomic mass is 14.1. The molecule has 0 spiro atoms. The molecule has 0 N–H and O–H groups in total. The van der Waals surface area contributed by atoms with Crippen LogP contribution >= 0.6 is 0 Å². The van der Waals surface area contributed by atoms with Crippen molar-refractivity contribution in [3.05, 3.63) is 85.0 Å². The molecule has 0 saturated heterocycles. The molecule has 0 nitrogen and oxygen atoms in total. The van der Waals surface area contributed by atoms with Crippen molar-refractivity contribution in [3.8, 4) is 0 Å². The summed E-state index contributed by atoms with van der Waals surface area (Å²) in [5.74, 6) is 0. The first-order valence-corrected chi connectivity index (χ1v) is 6.27. The zero-order valence-corrected chi connectivity index (χ0v) is 10.6. The lowest BCUT2D eigenvalue weighted by atomic mass is 9.96. The number of allylic oxidation sites excluding steroid dienone is 8. The summed E-state index contributed by atoms with van der Waals surface area (Å²) >= 11 is 0. The van der Waals surface area contributed by atoms with E-state index in [-0.39, 0.29) is 0 Å². The van der Waals surface area contributed by atoms with E-state index in [9.17, 15) is 0 Å². The van der Waals surface area contributed by atoms with Crippen molar-refractivity contribution in [1.82, 2.24) is 0 Å². The zero-order valence-electron chi connectivity index (χ0n) is 10.6. The molecular formula is C18H18. The minimum atomic E-state index is 1.01. The average molecular weight is 234 g/mol. The molecule has 0 bridgehead atoms. The Balaban J connectivity index is 2.27. The minimum absolute atomic E-state index is 1.01. The van der Waals surface area contributed by atoms with Gasteiger partial charge < -0.3 is 0 Å². The number of hydrogen-bond donors (Lipinski definition) is 0. The van der Waals surface area contributed by atoms with E-state index < -0.39 is 0 Å². The van der Waals surface area contributed by atoms with Gasteiger partial charge in [0.05, 0.1) is 0 Å². The van der Waals surface area contributed by atoms with Crippen molar-refractivity contribution in [3.63, 3.8) is 0 Å². The second-order valence-corrected chi connectivity index (χ2v) is 4.34. The molecule has 90 valence electrons. The normalized spacial score (nSPS) is 14.6. The van der Waals surface area contributed by atoms with Gasteiger partial charge in [0.15, 0.2) is 0 Å². The first kappa shape index (κ1) is 12.4. The Hall–Kier alpha value is -2.08. The van der Waals surface area contributed by atoms with Gasteiger partial charge in [0.2, 0.25) is 0 Å². The van der Waals surface area contributed by atoms with Crippen LogP contribution in [0, 0.1) is 0 Å². The minimum Gasteiger partial charge on any atom is -0.0991 e. The van der Waals surface area contributed by atoms with Crippen LogP contribution in [0.15, 0.2) is 73.9 Å². The topological polar surface area (TPSA) is 0 Å². The lowest BCUT2D eigenvalue weighted by Crippen LogP contribution is -1.88.